The van der Waals surface area contributed by atoms with Gasteiger partial charge < -0.3 is 4.74 Å². The van der Waals surface area contributed by atoms with Crippen molar-refractivity contribution in [3.8, 4) is 5.75 Å². The average molecular weight is 182 g/mol. The number of aryl methyl sites for hydroxylation is 1. The maximum atomic E-state index is 10.9. The fourth-order valence-electron chi connectivity index (χ4n) is 1.00. The molecule has 0 saturated carbocycles. The summed E-state index contributed by atoms with van der Waals surface area (Å²) in [6.45, 7) is 1.85. The van der Waals surface area contributed by atoms with Gasteiger partial charge in [-0.3, -0.25) is 4.79 Å². The van der Waals surface area contributed by atoms with Crippen LogP contribution >= 0.6 is 12.6 Å². The first kappa shape index (κ1) is 9.13. The average Bonchev–Trinajstić information content (AvgIpc) is 2.03. The predicted molar refractivity (Wildman–Crippen MR) is 51.0 cm³/mol. The first-order valence-corrected chi connectivity index (χ1v) is 3.98. The van der Waals surface area contributed by atoms with Gasteiger partial charge in [0.1, 0.15) is 5.75 Å². The first-order valence-electron chi connectivity index (χ1n) is 3.53. The van der Waals surface area contributed by atoms with E-state index in [0.29, 0.717) is 5.56 Å². The van der Waals surface area contributed by atoms with Crippen LogP contribution in [0.1, 0.15) is 15.9 Å². The molecule has 0 amide bonds. The van der Waals surface area contributed by atoms with Crippen LogP contribution in [0.5, 0.6) is 5.75 Å². The summed E-state index contributed by atoms with van der Waals surface area (Å²) >= 11 is 3.74. The minimum atomic E-state index is -0.213. The van der Waals surface area contributed by atoms with Crippen LogP contribution < -0.4 is 4.74 Å². The molecule has 0 aliphatic rings. The van der Waals surface area contributed by atoms with Crippen molar-refractivity contribution in [1.29, 1.82) is 0 Å². The van der Waals surface area contributed by atoms with Crippen LogP contribution in [0.15, 0.2) is 18.2 Å². The third-order valence-electron chi connectivity index (χ3n) is 1.66. The molecule has 0 bridgehead atoms. The molecule has 0 unspecified atom stereocenters. The molecule has 0 radical (unpaired) electrons. The molecule has 0 aromatic heterocycles. The molecular weight excluding hydrogens is 172 g/mol. The van der Waals surface area contributed by atoms with Crippen LogP contribution in [0.25, 0.3) is 0 Å². The van der Waals surface area contributed by atoms with E-state index in [1.165, 1.54) is 0 Å². The van der Waals surface area contributed by atoms with Crippen molar-refractivity contribution >= 4 is 17.7 Å². The topological polar surface area (TPSA) is 26.3 Å². The highest BCUT2D eigenvalue weighted by Crippen LogP contribution is 2.17. The smallest absolute Gasteiger partial charge is 0.216 e. The van der Waals surface area contributed by atoms with Crippen molar-refractivity contribution in [3.63, 3.8) is 0 Å². The molecule has 0 atom stereocenters. The summed E-state index contributed by atoms with van der Waals surface area (Å²) in [5.41, 5.74) is 1.51. The molecule has 64 valence electrons. The summed E-state index contributed by atoms with van der Waals surface area (Å²) in [4.78, 5) is 10.9. The number of methoxy groups -OCH3 is 1. The monoisotopic (exact) mass is 182 g/mol. The zero-order valence-electron chi connectivity index (χ0n) is 7.00. The Morgan fingerprint density at radius 1 is 1.50 bits per heavy atom. The maximum absolute atomic E-state index is 10.9. The van der Waals surface area contributed by atoms with Crippen LogP contribution in [0, 0.1) is 6.92 Å². The van der Waals surface area contributed by atoms with Crippen molar-refractivity contribution < 1.29 is 9.53 Å². The van der Waals surface area contributed by atoms with E-state index < -0.39 is 0 Å². The van der Waals surface area contributed by atoms with Crippen molar-refractivity contribution in [3.05, 3.63) is 29.3 Å². The summed E-state index contributed by atoms with van der Waals surface area (Å²) in [6.07, 6.45) is 0. The summed E-state index contributed by atoms with van der Waals surface area (Å²) < 4.78 is 4.99. The van der Waals surface area contributed by atoms with Crippen LogP contribution in [0.4, 0.5) is 0 Å². The Bertz CT molecular complexity index is 307. The molecule has 0 saturated heterocycles. The van der Waals surface area contributed by atoms with Gasteiger partial charge in [-0.25, -0.2) is 0 Å². The van der Waals surface area contributed by atoms with Gasteiger partial charge in [0.05, 0.1) is 7.11 Å². The number of rotatable bonds is 2. The molecule has 2 nitrogen and oxygen atoms in total. The summed E-state index contributed by atoms with van der Waals surface area (Å²) in [5.74, 6) is 0.755. The second kappa shape index (κ2) is 3.63. The van der Waals surface area contributed by atoms with Gasteiger partial charge in [-0.05, 0) is 30.7 Å². The fourth-order valence-corrected chi connectivity index (χ4v) is 1.25. The van der Waals surface area contributed by atoms with E-state index in [1.807, 2.05) is 13.0 Å². The summed E-state index contributed by atoms with van der Waals surface area (Å²) in [5, 5.41) is -0.213. The number of carbonyl (C=O) groups excluding carboxylic acids is 1. The zero-order chi connectivity index (χ0) is 9.14. The van der Waals surface area contributed by atoms with Gasteiger partial charge in [-0.1, -0.05) is 0 Å². The second-order valence-corrected chi connectivity index (χ2v) is 2.89. The number of benzene rings is 1. The summed E-state index contributed by atoms with van der Waals surface area (Å²) in [7, 11) is 1.59. The Morgan fingerprint density at radius 3 is 2.58 bits per heavy atom. The molecule has 1 aromatic rings. The molecule has 12 heavy (non-hydrogen) atoms. The van der Waals surface area contributed by atoms with Crippen LogP contribution in [-0.2, 0) is 0 Å². The van der Waals surface area contributed by atoms with E-state index in [2.05, 4.69) is 12.6 Å². The van der Waals surface area contributed by atoms with Gasteiger partial charge in [-0.15, -0.1) is 12.6 Å². The minimum absolute atomic E-state index is 0.213. The lowest BCUT2D eigenvalue weighted by Gasteiger charge is -2.03. The quantitative estimate of drug-likeness (QED) is 0.709. The first-order chi connectivity index (χ1) is 5.65. The number of hydrogen-bond acceptors (Lipinski definition) is 2. The van der Waals surface area contributed by atoms with Gasteiger partial charge in [0.25, 0.3) is 0 Å². The van der Waals surface area contributed by atoms with Crippen LogP contribution in [-0.4, -0.2) is 12.2 Å². The Kier molecular flexibility index (Phi) is 2.76. The van der Waals surface area contributed by atoms with E-state index in [9.17, 15) is 4.79 Å². The third kappa shape index (κ3) is 1.80. The predicted octanol–water partition coefficient (Wildman–Crippen LogP) is 2.07. The van der Waals surface area contributed by atoms with Crippen LogP contribution in [0.3, 0.4) is 0 Å². The lowest BCUT2D eigenvalue weighted by Crippen LogP contribution is -1.94. The number of carbonyl (C=O) groups is 1. The third-order valence-corrected chi connectivity index (χ3v) is 1.90. The molecule has 0 spiro atoms. The largest absolute Gasteiger partial charge is 0.497 e. The summed E-state index contributed by atoms with van der Waals surface area (Å²) in [6, 6.07) is 5.27. The Labute approximate surface area is 77.0 Å². The fraction of sp³-hybridized carbons (Fsp3) is 0.222. The second-order valence-electron chi connectivity index (χ2n) is 2.49. The molecule has 1 aromatic carbocycles. The van der Waals surface area contributed by atoms with Gasteiger partial charge >= 0.3 is 0 Å². The van der Waals surface area contributed by atoms with Crippen molar-refractivity contribution in [1.82, 2.24) is 0 Å². The van der Waals surface area contributed by atoms with E-state index in [-0.39, 0.29) is 5.12 Å². The number of thiol groups is 1. The van der Waals surface area contributed by atoms with Crippen molar-refractivity contribution in [2.24, 2.45) is 0 Å². The number of ether oxygens (including phenoxy) is 1. The van der Waals surface area contributed by atoms with Crippen molar-refractivity contribution in [2.75, 3.05) is 7.11 Å². The highest BCUT2D eigenvalue weighted by Gasteiger charge is 2.04. The molecule has 1 rings (SSSR count). The normalized spacial score (nSPS) is 9.58. The Balaban J connectivity index is 3.12. The van der Waals surface area contributed by atoms with E-state index in [1.54, 1.807) is 19.2 Å². The Hall–Kier alpha value is -0.960. The highest BCUT2D eigenvalue weighted by atomic mass is 32.1. The molecule has 0 N–H and O–H groups in total. The van der Waals surface area contributed by atoms with Gasteiger partial charge in [0.15, 0.2) is 0 Å². The maximum Gasteiger partial charge on any atom is 0.216 e. The van der Waals surface area contributed by atoms with Crippen molar-refractivity contribution in [2.45, 2.75) is 6.92 Å². The lowest BCUT2D eigenvalue weighted by atomic mass is 10.1. The molecule has 0 aliphatic heterocycles. The molecule has 0 fully saturated rings. The zero-order valence-corrected chi connectivity index (χ0v) is 7.89. The molecule has 0 aliphatic carbocycles. The van der Waals surface area contributed by atoms with Gasteiger partial charge in [-0.2, -0.15) is 0 Å². The minimum Gasteiger partial charge on any atom is -0.497 e. The van der Waals surface area contributed by atoms with Gasteiger partial charge in [0, 0.05) is 5.56 Å². The SMILES string of the molecule is COc1ccc(C(=O)S)c(C)c1. The molecule has 3 heteroatoms. The molecular formula is C9H10O2S. The standard InChI is InChI=1S/C9H10O2S/c1-6-5-7(11-2)3-4-8(6)9(10)12/h3-5H,1-2H3,(H,10,12). The Morgan fingerprint density at radius 2 is 2.17 bits per heavy atom. The van der Waals surface area contributed by atoms with Crippen LogP contribution in [0.2, 0.25) is 0 Å². The van der Waals surface area contributed by atoms with E-state index in [0.717, 1.165) is 11.3 Å². The highest BCUT2D eigenvalue weighted by molar-refractivity contribution is 7.97. The van der Waals surface area contributed by atoms with E-state index >= 15 is 0 Å². The lowest BCUT2D eigenvalue weighted by molar-refractivity contribution is 0.109. The van der Waals surface area contributed by atoms with Gasteiger partial charge in [0.2, 0.25) is 5.12 Å². The van der Waals surface area contributed by atoms with E-state index in [4.69, 9.17) is 4.74 Å². The molecule has 0 heterocycles. The number of hydrogen-bond donors (Lipinski definition) is 1.